The van der Waals surface area contributed by atoms with E-state index in [0.717, 1.165) is 31.6 Å². The van der Waals surface area contributed by atoms with Crippen LogP contribution in [0.15, 0.2) is 18.2 Å². The average molecular weight is 449 g/mol. The highest BCUT2D eigenvalue weighted by atomic mass is 16.6. The number of methoxy groups -OCH3 is 1. The normalized spacial score (nSPS) is 23.8. The number of pyridine rings is 1. The molecule has 32 heavy (non-hydrogen) atoms. The van der Waals surface area contributed by atoms with Gasteiger partial charge in [-0.2, -0.15) is 0 Å². The molecule has 2 unspecified atom stereocenters. The van der Waals surface area contributed by atoms with Crippen molar-refractivity contribution >= 4 is 12.2 Å². The lowest BCUT2D eigenvalue weighted by Gasteiger charge is -2.33. The zero-order valence-corrected chi connectivity index (χ0v) is 19.7. The predicted molar refractivity (Wildman–Crippen MR) is 120 cm³/mol. The number of hydrogen-bond donors (Lipinski definition) is 1. The van der Waals surface area contributed by atoms with Crippen molar-refractivity contribution in [2.75, 3.05) is 33.4 Å². The average Bonchev–Trinajstić information content (AvgIpc) is 3.37. The molecule has 9 nitrogen and oxygen atoms in total. The smallest absolute Gasteiger partial charge is 0.410 e. The Labute approximate surface area is 190 Å². The zero-order valence-electron chi connectivity index (χ0n) is 19.7. The quantitative estimate of drug-likeness (QED) is 0.739. The Bertz CT molecular complexity index is 781. The van der Waals surface area contributed by atoms with Crippen LogP contribution in [0.3, 0.4) is 0 Å². The lowest BCUT2D eigenvalue weighted by molar-refractivity contribution is 0.139. The van der Waals surface area contributed by atoms with Crippen LogP contribution in [0, 0.1) is 5.92 Å². The molecule has 3 aliphatic rings. The maximum absolute atomic E-state index is 11.6. The fourth-order valence-corrected chi connectivity index (χ4v) is 4.59. The molecular formula is C23H36N4O5. The van der Waals surface area contributed by atoms with Crippen molar-refractivity contribution in [2.45, 2.75) is 64.7 Å². The molecule has 1 aromatic rings. The van der Waals surface area contributed by atoms with Crippen LogP contribution in [0.25, 0.3) is 0 Å². The van der Waals surface area contributed by atoms with E-state index in [1.165, 1.54) is 0 Å². The third-order valence-electron chi connectivity index (χ3n) is 6.19. The summed E-state index contributed by atoms with van der Waals surface area (Å²) >= 11 is 0. The van der Waals surface area contributed by atoms with Crippen molar-refractivity contribution < 1.29 is 23.8 Å². The summed E-state index contributed by atoms with van der Waals surface area (Å²) in [5.41, 5.74) is 0.795. The molecule has 9 heteroatoms. The lowest BCUT2D eigenvalue weighted by atomic mass is 9.89. The van der Waals surface area contributed by atoms with Gasteiger partial charge in [0, 0.05) is 18.2 Å². The SMILES string of the molecule is CC(C)N1C(=O)OCC1C1CCNCC1.COc1cccc(C2COC(=O)N2C(C)C)n1. The number of aromatic nitrogens is 1. The van der Waals surface area contributed by atoms with E-state index in [9.17, 15) is 9.59 Å². The summed E-state index contributed by atoms with van der Waals surface area (Å²) < 4.78 is 15.3. The van der Waals surface area contributed by atoms with Gasteiger partial charge in [0.1, 0.15) is 19.3 Å². The van der Waals surface area contributed by atoms with Crippen molar-refractivity contribution in [1.29, 1.82) is 0 Å². The van der Waals surface area contributed by atoms with Crippen LogP contribution in [0.2, 0.25) is 0 Å². The van der Waals surface area contributed by atoms with Gasteiger partial charge in [0.05, 0.1) is 18.8 Å². The third kappa shape index (κ3) is 5.43. The summed E-state index contributed by atoms with van der Waals surface area (Å²) in [4.78, 5) is 31.1. The highest BCUT2D eigenvalue weighted by molar-refractivity contribution is 5.71. The van der Waals surface area contributed by atoms with Crippen LogP contribution in [0.5, 0.6) is 5.88 Å². The van der Waals surface area contributed by atoms with Gasteiger partial charge in [0.2, 0.25) is 5.88 Å². The highest BCUT2D eigenvalue weighted by Gasteiger charge is 2.40. The molecule has 0 spiro atoms. The second kappa shape index (κ2) is 10.8. The van der Waals surface area contributed by atoms with Crippen molar-refractivity contribution in [3.05, 3.63) is 23.9 Å². The molecule has 2 amide bonds. The maximum atomic E-state index is 11.6. The molecule has 1 aromatic heterocycles. The number of hydrogen-bond acceptors (Lipinski definition) is 7. The molecular weight excluding hydrogens is 412 g/mol. The number of carbonyl (C=O) groups excluding carboxylic acids is 2. The van der Waals surface area contributed by atoms with E-state index >= 15 is 0 Å². The summed E-state index contributed by atoms with van der Waals surface area (Å²) in [5.74, 6) is 1.16. The fraction of sp³-hybridized carbons (Fsp3) is 0.696. The van der Waals surface area contributed by atoms with E-state index in [0.29, 0.717) is 31.1 Å². The summed E-state index contributed by atoms with van der Waals surface area (Å²) in [6.07, 6.45) is 1.90. The molecule has 0 aromatic carbocycles. The van der Waals surface area contributed by atoms with Gasteiger partial charge >= 0.3 is 12.2 Å². The number of carbonyl (C=O) groups is 2. The van der Waals surface area contributed by atoms with Crippen molar-refractivity contribution in [3.63, 3.8) is 0 Å². The zero-order chi connectivity index (χ0) is 23.3. The van der Waals surface area contributed by atoms with Crippen molar-refractivity contribution in [1.82, 2.24) is 20.1 Å². The van der Waals surface area contributed by atoms with Crippen LogP contribution < -0.4 is 10.1 Å². The first-order valence-electron chi connectivity index (χ1n) is 11.4. The largest absolute Gasteiger partial charge is 0.481 e. The minimum atomic E-state index is -0.283. The Kier molecular flexibility index (Phi) is 8.17. The summed E-state index contributed by atoms with van der Waals surface area (Å²) in [6.45, 7) is 11.1. The second-order valence-corrected chi connectivity index (χ2v) is 8.93. The Morgan fingerprint density at radius 3 is 2.25 bits per heavy atom. The number of ether oxygens (including phenoxy) is 3. The van der Waals surface area contributed by atoms with E-state index in [1.807, 2.05) is 30.9 Å². The van der Waals surface area contributed by atoms with Gasteiger partial charge in [-0.1, -0.05) is 6.07 Å². The molecule has 1 N–H and O–H groups in total. The van der Waals surface area contributed by atoms with Gasteiger partial charge in [-0.25, -0.2) is 14.6 Å². The number of amides is 2. The second-order valence-electron chi connectivity index (χ2n) is 8.93. The topological polar surface area (TPSA) is 93.2 Å². The third-order valence-corrected chi connectivity index (χ3v) is 6.19. The van der Waals surface area contributed by atoms with Gasteiger partial charge in [0.15, 0.2) is 0 Å². The molecule has 178 valence electrons. The van der Waals surface area contributed by atoms with Crippen LogP contribution >= 0.6 is 0 Å². The van der Waals surface area contributed by atoms with E-state index in [4.69, 9.17) is 14.2 Å². The standard InChI is InChI=1S/C12H16N2O3.C11H20N2O2/c1-8(2)14-10(7-17-12(14)15)9-5-4-6-11(13-9)16-3;1-8(2)13-10(7-15-11(13)14)9-3-5-12-6-4-9/h4-6,8,10H,7H2,1-3H3;8-10,12H,3-7H2,1-2H3. The first-order chi connectivity index (χ1) is 15.3. The van der Waals surface area contributed by atoms with Gasteiger partial charge in [-0.05, 0) is 65.6 Å². The Hall–Kier alpha value is -2.55. The van der Waals surface area contributed by atoms with Crippen molar-refractivity contribution in [3.8, 4) is 5.88 Å². The van der Waals surface area contributed by atoms with Crippen LogP contribution in [-0.2, 0) is 9.47 Å². The van der Waals surface area contributed by atoms with Crippen LogP contribution in [-0.4, -0.2) is 78.5 Å². The molecule has 0 saturated carbocycles. The first kappa shape index (κ1) is 24.1. The molecule has 3 aliphatic heterocycles. The lowest BCUT2D eigenvalue weighted by Crippen LogP contribution is -2.46. The number of cyclic esters (lactones) is 2. The minimum absolute atomic E-state index is 0.0861. The summed E-state index contributed by atoms with van der Waals surface area (Å²) in [6, 6.07) is 6.04. The molecule has 4 rings (SSSR count). The molecule has 3 fully saturated rings. The molecule has 0 aliphatic carbocycles. The van der Waals surface area contributed by atoms with Crippen LogP contribution in [0.1, 0.15) is 52.3 Å². The van der Waals surface area contributed by atoms with Gasteiger partial charge in [-0.3, -0.25) is 9.80 Å². The monoisotopic (exact) mass is 448 g/mol. The fourth-order valence-electron chi connectivity index (χ4n) is 4.59. The molecule has 3 saturated heterocycles. The summed E-state index contributed by atoms with van der Waals surface area (Å²) in [5, 5.41) is 3.35. The molecule has 4 heterocycles. The van der Waals surface area contributed by atoms with E-state index in [1.54, 1.807) is 18.1 Å². The molecule has 2 atom stereocenters. The number of nitrogens with one attached hydrogen (secondary N) is 1. The maximum Gasteiger partial charge on any atom is 0.410 e. The van der Waals surface area contributed by atoms with Crippen molar-refractivity contribution in [2.24, 2.45) is 5.92 Å². The van der Waals surface area contributed by atoms with E-state index in [2.05, 4.69) is 24.1 Å². The Morgan fingerprint density at radius 1 is 1.00 bits per heavy atom. The number of piperidine rings is 1. The Balaban J connectivity index is 0.000000182. The van der Waals surface area contributed by atoms with Gasteiger partial charge in [-0.15, -0.1) is 0 Å². The molecule has 0 radical (unpaired) electrons. The number of nitrogens with zero attached hydrogens (tertiary/aromatic N) is 3. The first-order valence-corrected chi connectivity index (χ1v) is 11.4. The Morgan fingerprint density at radius 2 is 1.62 bits per heavy atom. The van der Waals surface area contributed by atoms with E-state index < -0.39 is 0 Å². The van der Waals surface area contributed by atoms with Gasteiger partial charge < -0.3 is 19.5 Å². The minimum Gasteiger partial charge on any atom is -0.481 e. The summed E-state index contributed by atoms with van der Waals surface area (Å²) in [7, 11) is 1.57. The van der Waals surface area contributed by atoms with Crippen LogP contribution in [0.4, 0.5) is 9.59 Å². The highest BCUT2D eigenvalue weighted by Crippen LogP contribution is 2.29. The predicted octanol–water partition coefficient (Wildman–Crippen LogP) is 3.21. The van der Waals surface area contributed by atoms with Gasteiger partial charge in [0.25, 0.3) is 0 Å². The number of rotatable bonds is 5. The van der Waals surface area contributed by atoms with E-state index in [-0.39, 0.29) is 30.3 Å². The molecule has 0 bridgehead atoms.